The summed E-state index contributed by atoms with van der Waals surface area (Å²) in [7, 11) is 1.96. The van der Waals surface area contributed by atoms with E-state index in [0.717, 1.165) is 45.8 Å². The van der Waals surface area contributed by atoms with Gasteiger partial charge in [-0.25, -0.2) is 15.0 Å². The second-order valence-electron chi connectivity index (χ2n) is 8.21. The number of aromatic nitrogens is 4. The first-order valence-electron chi connectivity index (χ1n) is 11.8. The van der Waals surface area contributed by atoms with Gasteiger partial charge in [-0.3, -0.25) is 0 Å². The monoisotopic (exact) mass is 441 g/mol. The highest BCUT2D eigenvalue weighted by Crippen LogP contribution is 2.23. The second-order valence-corrected chi connectivity index (χ2v) is 8.21. The van der Waals surface area contributed by atoms with Crippen LogP contribution in [0.5, 0.6) is 0 Å². The second kappa shape index (κ2) is 12.0. The molecule has 33 heavy (non-hydrogen) atoms. The molecule has 1 aromatic carbocycles. The van der Waals surface area contributed by atoms with Crippen molar-refractivity contribution in [1.29, 1.82) is 0 Å². The Kier molecular flexibility index (Phi) is 8.76. The van der Waals surface area contributed by atoms with Crippen LogP contribution in [0.1, 0.15) is 57.6 Å². The molecule has 0 fully saturated rings. The van der Waals surface area contributed by atoms with E-state index in [1.54, 1.807) is 6.33 Å². The van der Waals surface area contributed by atoms with Crippen molar-refractivity contribution < 1.29 is 0 Å². The molecule has 0 unspecified atom stereocenters. The number of pyridine rings is 2. The standard InChI is InChI=1S/C22H21N5.C6H14/c1-4-16-6-5-7-17(10-16)15(2)25-22-11-20-18(12-24-22)8-9-19(26-20)21-13-23-14-27(21)3;1-3-5-6-4-2/h5-14H,2,4H2,1,3H3,(H,24,25);3-6H2,1-2H3. The molecule has 5 heteroatoms. The summed E-state index contributed by atoms with van der Waals surface area (Å²) in [6.45, 7) is 10.8. The largest absolute Gasteiger partial charge is 0.340 e. The number of unbranched alkanes of at least 4 members (excludes halogenated alkanes) is 3. The molecule has 1 N–H and O–H groups in total. The van der Waals surface area contributed by atoms with Gasteiger partial charge < -0.3 is 9.88 Å². The number of fused-ring (bicyclic) bond motifs is 1. The van der Waals surface area contributed by atoms with Gasteiger partial charge in [0.2, 0.25) is 0 Å². The average molecular weight is 442 g/mol. The molecule has 172 valence electrons. The fraction of sp³-hybridized carbons (Fsp3) is 0.321. The van der Waals surface area contributed by atoms with Gasteiger partial charge in [-0.05, 0) is 35.7 Å². The van der Waals surface area contributed by atoms with E-state index in [0.29, 0.717) is 0 Å². The van der Waals surface area contributed by atoms with Crippen molar-refractivity contribution in [2.24, 2.45) is 7.05 Å². The molecule has 0 saturated heterocycles. The Morgan fingerprint density at radius 2 is 1.79 bits per heavy atom. The summed E-state index contributed by atoms with van der Waals surface area (Å²) in [4.78, 5) is 13.4. The maximum absolute atomic E-state index is 4.78. The van der Waals surface area contributed by atoms with Crippen molar-refractivity contribution in [2.75, 3.05) is 5.32 Å². The minimum atomic E-state index is 0.726. The minimum Gasteiger partial charge on any atom is -0.340 e. The quantitative estimate of drug-likeness (QED) is 0.292. The molecule has 4 rings (SSSR count). The van der Waals surface area contributed by atoms with Gasteiger partial charge in [0, 0.05) is 30.4 Å². The van der Waals surface area contributed by atoms with Gasteiger partial charge in [-0.1, -0.05) is 71.2 Å². The molecule has 3 heterocycles. The Morgan fingerprint density at radius 3 is 2.45 bits per heavy atom. The minimum absolute atomic E-state index is 0.726. The summed E-state index contributed by atoms with van der Waals surface area (Å²) in [6.07, 6.45) is 11.9. The lowest BCUT2D eigenvalue weighted by Crippen LogP contribution is -2.00. The lowest BCUT2D eigenvalue weighted by atomic mass is 10.1. The number of rotatable bonds is 8. The molecule has 0 bridgehead atoms. The molecule has 0 radical (unpaired) electrons. The van der Waals surface area contributed by atoms with Crippen molar-refractivity contribution in [1.82, 2.24) is 19.5 Å². The molecule has 3 aromatic heterocycles. The Balaban J connectivity index is 0.000000454. The molecule has 5 nitrogen and oxygen atoms in total. The van der Waals surface area contributed by atoms with Crippen LogP contribution in [0.2, 0.25) is 0 Å². The van der Waals surface area contributed by atoms with E-state index in [1.807, 2.05) is 48.3 Å². The Labute approximate surface area is 197 Å². The smallest absolute Gasteiger partial charge is 0.132 e. The van der Waals surface area contributed by atoms with Crippen LogP contribution in [0, 0.1) is 0 Å². The highest BCUT2D eigenvalue weighted by Gasteiger charge is 2.07. The van der Waals surface area contributed by atoms with Crippen LogP contribution in [-0.2, 0) is 13.5 Å². The molecule has 4 aromatic rings. The molecule has 0 atom stereocenters. The zero-order valence-electron chi connectivity index (χ0n) is 20.3. The first-order chi connectivity index (χ1) is 16.0. The highest BCUT2D eigenvalue weighted by atomic mass is 15.0. The normalized spacial score (nSPS) is 10.5. The van der Waals surface area contributed by atoms with Gasteiger partial charge in [0.15, 0.2) is 0 Å². The van der Waals surface area contributed by atoms with Crippen LogP contribution < -0.4 is 5.32 Å². The number of hydrogen-bond donors (Lipinski definition) is 1. The van der Waals surface area contributed by atoms with E-state index in [2.05, 4.69) is 60.8 Å². The maximum Gasteiger partial charge on any atom is 0.132 e. The number of hydrogen-bond acceptors (Lipinski definition) is 4. The van der Waals surface area contributed by atoms with E-state index >= 15 is 0 Å². The van der Waals surface area contributed by atoms with Gasteiger partial charge in [0.1, 0.15) is 5.82 Å². The van der Waals surface area contributed by atoms with Crippen LogP contribution in [0.15, 0.2) is 67.8 Å². The lowest BCUT2D eigenvalue weighted by molar-refractivity contribution is 0.702. The Hall–Kier alpha value is -3.47. The van der Waals surface area contributed by atoms with E-state index in [-0.39, 0.29) is 0 Å². The summed E-state index contributed by atoms with van der Waals surface area (Å²) in [6, 6.07) is 14.3. The SMILES string of the molecule is C=C(Nc1cc2nc(-c3cncn3C)ccc2cn1)c1cccc(CC)c1.CCCCCC. The van der Waals surface area contributed by atoms with E-state index < -0.39 is 0 Å². The summed E-state index contributed by atoms with van der Waals surface area (Å²) in [5, 5.41) is 4.29. The zero-order chi connectivity index (χ0) is 23.6. The van der Waals surface area contributed by atoms with Crippen molar-refractivity contribution in [3.05, 3.63) is 78.9 Å². The maximum atomic E-state index is 4.78. The van der Waals surface area contributed by atoms with Gasteiger partial charge in [-0.15, -0.1) is 0 Å². The predicted molar refractivity (Wildman–Crippen MR) is 140 cm³/mol. The summed E-state index contributed by atoms with van der Waals surface area (Å²) < 4.78 is 1.96. The fourth-order valence-corrected chi connectivity index (χ4v) is 3.54. The first-order valence-corrected chi connectivity index (χ1v) is 11.8. The molecule has 0 saturated carbocycles. The van der Waals surface area contributed by atoms with Crippen molar-refractivity contribution >= 4 is 22.4 Å². The molecular weight excluding hydrogens is 406 g/mol. The third kappa shape index (κ3) is 6.51. The predicted octanol–water partition coefficient (Wildman–Crippen LogP) is 7.26. The van der Waals surface area contributed by atoms with Crippen molar-refractivity contribution in [2.45, 2.75) is 52.9 Å². The van der Waals surface area contributed by atoms with Crippen LogP contribution in [0.25, 0.3) is 28.0 Å². The molecule has 0 amide bonds. The van der Waals surface area contributed by atoms with Crippen molar-refractivity contribution in [3.63, 3.8) is 0 Å². The third-order valence-electron chi connectivity index (χ3n) is 5.57. The van der Waals surface area contributed by atoms with E-state index in [1.165, 1.54) is 31.2 Å². The number of nitrogens with one attached hydrogen (secondary N) is 1. The lowest BCUT2D eigenvalue weighted by Gasteiger charge is -2.11. The molecular formula is C28H35N5. The van der Waals surface area contributed by atoms with Gasteiger partial charge >= 0.3 is 0 Å². The zero-order valence-corrected chi connectivity index (χ0v) is 20.3. The number of anilines is 1. The summed E-state index contributed by atoms with van der Waals surface area (Å²) in [5.74, 6) is 0.726. The highest BCUT2D eigenvalue weighted by molar-refractivity contribution is 5.84. The van der Waals surface area contributed by atoms with Crippen LogP contribution in [-0.4, -0.2) is 19.5 Å². The van der Waals surface area contributed by atoms with Gasteiger partial charge in [0.05, 0.1) is 29.4 Å². The number of benzene rings is 1. The Morgan fingerprint density at radius 1 is 1.00 bits per heavy atom. The molecule has 0 aliphatic rings. The van der Waals surface area contributed by atoms with Gasteiger partial charge in [-0.2, -0.15) is 0 Å². The number of aryl methyl sites for hydroxylation is 2. The number of nitrogens with zero attached hydrogens (tertiary/aromatic N) is 4. The van der Waals surface area contributed by atoms with E-state index in [4.69, 9.17) is 4.98 Å². The van der Waals surface area contributed by atoms with Crippen LogP contribution in [0.3, 0.4) is 0 Å². The first kappa shape index (κ1) is 24.2. The van der Waals surface area contributed by atoms with Crippen LogP contribution >= 0.6 is 0 Å². The molecule has 0 aliphatic heterocycles. The van der Waals surface area contributed by atoms with Crippen molar-refractivity contribution in [3.8, 4) is 11.4 Å². The fourth-order valence-electron chi connectivity index (χ4n) is 3.54. The topological polar surface area (TPSA) is 55.6 Å². The number of imidazole rings is 1. The Bertz CT molecular complexity index is 1190. The molecule has 0 aliphatic carbocycles. The molecule has 0 spiro atoms. The average Bonchev–Trinajstić information content (AvgIpc) is 3.28. The van der Waals surface area contributed by atoms with E-state index in [9.17, 15) is 0 Å². The van der Waals surface area contributed by atoms with Gasteiger partial charge in [0.25, 0.3) is 0 Å². The van der Waals surface area contributed by atoms with Crippen LogP contribution in [0.4, 0.5) is 5.82 Å². The summed E-state index contributed by atoms with van der Waals surface area (Å²) in [5.41, 5.74) is 5.90. The summed E-state index contributed by atoms with van der Waals surface area (Å²) >= 11 is 0. The third-order valence-corrected chi connectivity index (χ3v) is 5.57.